The lowest BCUT2D eigenvalue weighted by Gasteiger charge is -2.36. The van der Waals surface area contributed by atoms with Gasteiger partial charge in [-0.05, 0) is 64.2 Å². The summed E-state index contributed by atoms with van der Waals surface area (Å²) < 4.78 is 7.49. The van der Waals surface area contributed by atoms with Crippen LogP contribution in [0.15, 0.2) is 6.20 Å². The molecule has 0 amide bonds. The summed E-state index contributed by atoms with van der Waals surface area (Å²) in [6.45, 7) is 12.0. The van der Waals surface area contributed by atoms with Gasteiger partial charge in [0, 0.05) is 55.4 Å². The Balaban J connectivity index is 1.41. The van der Waals surface area contributed by atoms with Crippen molar-refractivity contribution >= 4 is 39.6 Å². The van der Waals surface area contributed by atoms with Crippen LogP contribution in [-0.4, -0.2) is 63.4 Å². The number of ether oxygens (including phenoxy) is 1. The molecule has 0 atom stereocenters. The van der Waals surface area contributed by atoms with Crippen LogP contribution < -0.4 is 5.32 Å². The van der Waals surface area contributed by atoms with Crippen LogP contribution in [0.5, 0.6) is 0 Å². The smallest absolute Gasteiger partial charge is 0.341 e. The van der Waals surface area contributed by atoms with Gasteiger partial charge in [-0.15, -0.1) is 11.3 Å². The van der Waals surface area contributed by atoms with Crippen LogP contribution in [0.1, 0.15) is 71.6 Å². The fraction of sp³-hybridized carbons (Fsp3) is 0.640. The monoisotopic (exact) mass is 503 g/mol. The van der Waals surface area contributed by atoms with Crippen molar-refractivity contribution in [3.8, 4) is 0 Å². The van der Waals surface area contributed by atoms with E-state index in [-0.39, 0.29) is 5.97 Å². The number of rotatable bonds is 6. The van der Waals surface area contributed by atoms with Crippen molar-refractivity contribution in [1.29, 1.82) is 0 Å². The highest BCUT2D eigenvalue weighted by atomic mass is 32.1. The molecule has 0 aromatic carbocycles. The van der Waals surface area contributed by atoms with Crippen LogP contribution in [0, 0.1) is 6.92 Å². The van der Waals surface area contributed by atoms with Gasteiger partial charge in [0.05, 0.1) is 18.4 Å². The predicted octanol–water partition coefficient (Wildman–Crippen LogP) is 4.62. The molecule has 186 valence electrons. The van der Waals surface area contributed by atoms with Crippen LogP contribution in [-0.2, 0) is 30.7 Å². The van der Waals surface area contributed by atoms with Crippen LogP contribution >= 0.6 is 23.6 Å². The Kier molecular flexibility index (Phi) is 8.60. The molecule has 2 aliphatic rings. The number of nitrogens with zero attached hydrogens (tertiary/aromatic N) is 4. The first-order chi connectivity index (χ1) is 16.5. The molecule has 0 radical (unpaired) electrons. The van der Waals surface area contributed by atoms with E-state index < -0.39 is 0 Å². The molecule has 0 bridgehead atoms. The zero-order chi connectivity index (χ0) is 24.1. The SMILES string of the molecule is CCOC(=O)c1c(NC(=S)N2CCN(Cc3cnn(CC)c3C)CC2)sc2c1CCCCCC2. The van der Waals surface area contributed by atoms with E-state index >= 15 is 0 Å². The second-order valence-electron chi connectivity index (χ2n) is 9.11. The molecule has 4 rings (SSSR count). The number of anilines is 1. The summed E-state index contributed by atoms with van der Waals surface area (Å²) in [5, 5.41) is 9.49. The van der Waals surface area contributed by atoms with Gasteiger partial charge in [-0.2, -0.15) is 5.10 Å². The molecule has 3 heterocycles. The van der Waals surface area contributed by atoms with Crippen LogP contribution in [0.3, 0.4) is 0 Å². The summed E-state index contributed by atoms with van der Waals surface area (Å²) in [4.78, 5) is 18.9. The number of hydrogen-bond acceptors (Lipinski definition) is 6. The molecule has 9 heteroatoms. The lowest BCUT2D eigenvalue weighted by Crippen LogP contribution is -2.49. The van der Waals surface area contributed by atoms with Crippen LogP contribution in [0.4, 0.5) is 5.00 Å². The molecular formula is C25H37N5O2S2. The van der Waals surface area contributed by atoms with Crippen molar-refractivity contribution in [1.82, 2.24) is 19.6 Å². The molecule has 0 saturated carbocycles. The maximum absolute atomic E-state index is 12.9. The molecule has 0 spiro atoms. The van der Waals surface area contributed by atoms with E-state index in [2.05, 4.69) is 38.7 Å². The van der Waals surface area contributed by atoms with E-state index in [1.54, 1.807) is 11.3 Å². The quantitative estimate of drug-likeness (QED) is 0.456. The first-order valence-electron chi connectivity index (χ1n) is 12.6. The largest absolute Gasteiger partial charge is 0.462 e. The molecule has 2 aromatic rings. The Morgan fingerprint density at radius 2 is 1.88 bits per heavy atom. The van der Waals surface area contributed by atoms with Gasteiger partial charge in [-0.3, -0.25) is 9.58 Å². The number of thiophene rings is 1. The lowest BCUT2D eigenvalue weighted by molar-refractivity contribution is 0.0526. The van der Waals surface area contributed by atoms with Gasteiger partial charge in [-0.25, -0.2) is 4.79 Å². The Morgan fingerprint density at radius 3 is 2.56 bits per heavy atom. The Morgan fingerprint density at radius 1 is 1.15 bits per heavy atom. The summed E-state index contributed by atoms with van der Waals surface area (Å²) >= 11 is 7.50. The number of piperazine rings is 1. The van der Waals surface area contributed by atoms with E-state index in [9.17, 15) is 4.79 Å². The average molecular weight is 504 g/mol. The summed E-state index contributed by atoms with van der Waals surface area (Å²) in [5.41, 5.74) is 4.45. The maximum atomic E-state index is 12.9. The Labute approximate surface area is 212 Å². The van der Waals surface area contributed by atoms with Gasteiger partial charge in [0.15, 0.2) is 5.11 Å². The number of thiocarbonyl (C=S) groups is 1. The van der Waals surface area contributed by atoms with Crippen molar-refractivity contribution in [3.63, 3.8) is 0 Å². The number of nitrogens with one attached hydrogen (secondary N) is 1. The number of carbonyl (C=O) groups excluding carboxylic acids is 1. The predicted molar refractivity (Wildman–Crippen MR) is 142 cm³/mol. The molecule has 1 fully saturated rings. The lowest BCUT2D eigenvalue weighted by atomic mass is 9.96. The Hall–Kier alpha value is -1.97. The number of carbonyl (C=O) groups is 1. The van der Waals surface area contributed by atoms with Crippen LogP contribution in [0.25, 0.3) is 0 Å². The molecule has 1 aliphatic heterocycles. The molecular weight excluding hydrogens is 466 g/mol. The minimum Gasteiger partial charge on any atom is -0.462 e. The third-order valence-corrected chi connectivity index (χ3v) is 8.50. The average Bonchev–Trinajstić information content (AvgIpc) is 3.33. The minimum atomic E-state index is -0.223. The van der Waals surface area contributed by atoms with E-state index in [1.165, 1.54) is 41.0 Å². The normalized spacial score (nSPS) is 17.1. The molecule has 2 aromatic heterocycles. The number of fused-ring (bicyclic) bond motifs is 1. The van der Waals surface area contributed by atoms with Crippen molar-refractivity contribution in [2.24, 2.45) is 0 Å². The van der Waals surface area contributed by atoms with E-state index in [4.69, 9.17) is 17.0 Å². The van der Waals surface area contributed by atoms with Crippen molar-refractivity contribution in [2.45, 2.75) is 72.4 Å². The molecule has 1 aliphatic carbocycles. The molecule has 0 unspecified atom stereocenters. The minimum absolute atomic E-state index is 0.223. The van der Waals surface area contributed by atoms with Gasteiger partial charge in [0.2, 0.25) is 0 Å². The Bertz CT molecular complexity index is 1010. The third-order valence-electron chi connectivity index (χ3n) is 6.93. The van der Waals surface area contributed by atoms with Gasteiger partial charge in [0.1, 0.15) is 5.00 Å². The second-order valence-corrected chi connectivity index (χ2v) is 10.6. The fourth-order valence-corrected chi connectivity index (χ4v) is 6.54. The van der Waals surface area contributed by atoms with E-state index in [0.717, 1.165) is 63.5 Å². The van der Waals surface area contributed by atoms with E-state index in [1.807, 2.05) is 13.1 Å². The molecule has 1 saturated heterocycles. The van der Waals surface area contributed by atoms with E-state index in [0.29, 0.717) is 17.3 Å². The first-order valence-corrected chi connectivity index (χ1v) is 13.9. The molecule has 1 N–H and O–H groups in total. The summed E-state index contributed by atoms with van der Waals surface area (Å²) in [7, 11) is 0. The second kappa shape index (κ2) is 11.6. The molecule has 7 nitrogen and oxygen atoms in total. The zero-order valence-electron chi connectivity index (χ0n) is 20.7. The van der Waals surface area contributed by atoms with Crippen molar-refractivity contribution < 1.29 is 9.53 Å². The number of hydrogen-bond donors (Lipinski definition) is 1. The first kappa shape index (κ1) is 25.1. The van der Waals surface area contributed by atoms with Crippen LogP contribution in [0.2, 0.25) is 0 Å². The highest BCUT2D eigenvalue weighted by molar-refractivity contribution is 7.80. The van der Waals surface area contributed by atoms with Crippen molar-refractivity contribution in [2.75, 3.05) is 38.1 Å². The topological polar surface area (TPSA) is 62.6 Å². The summed E-state index contributed by atoms with van der Waals surface area (Å²) in [5.74, 6) is -0.223. The summed E-state index contributed by atoms with van der Waals surface area (Å²) in [6, 6.07) is 0. The van der Waals surface area contributed by atoms with Gasteiger partial charge < -0.3 is 15.0 Å². The van der Waals surface area contributed by atoms with Crippen molar-refractivity contribution in [3.05, 3.63) is 33.5 Å². The maximum Gasteiger partial charge on any atom is 0.341 e. The molecule has 34 heavy (non-hydrogen) atoms. The van der Waals surface area contributed by atoms with Gasteiger partial charge in [-0.1, -0.05) is 12.8 Å². The number of aryl methyl sites for hydroxylation is 2. The standard InChI is InChI=1S/C25H37N5O2S2/c1-4-30-18(3)19(16-26-30)17-28-12-14-29(15-13-28)25(33)27-23-22(24(31)32-5-2)20-10-8-6-7-9-11-21(20)34-23/h16H,4-15,17H2,1-3H3,(H,27,33). The highest BCUT2D eigenvalue weighted by Crippen LogP contribution is 2.37. The highest BCUT2D eigenvalue weighted by Gasteiger charge is 2.27. The number of aromatic nitrogens is 2. The fourth-order valence-electron chi connectivity index (χ4n) is 4.91. The van der Waals surface area contributed by atoms with Gasteiger partial charge >= 0.3 is 5.97 Å². The van der Waals surface area contributed by atoms with Gasteiger partial charge in [0.25, 0.3) is 0 Å². The summed E-state index contributed by atoms with van der Waals surface area (Å²) in [6.07, 6.45) is 8.76. The third kappa shape index (κ3) is 5.63. The zero-order valence-corrected chi connectivity index (χ0v) is 22.3. The number of esters is 1.